The van der Waals surface area contributed by atoms with E-state index in [4.69, 9.17) is 4.74 Å². The van der Waals surface area contributed by atoms with Gasteiger partial charge in [-0.15, -0.1) is 11.8 Å². The summed E-state index contributed by atoms with van der Waals surface area (Å²) in [5, 5.41) is 13.5. The first-order valence-corrected chi connectivity index (χ1v) is 9.61. The number of anilines is 1. The highest BCUT2D eigenvalue weighted by atomic mass is 32.2. The van der Waals surface area contributed by atoms with Crippen LogP contribution in [-0.2, 0) is 14.3 Å². The number of esters is 1. The minimum Gasteiger partial charge on any atom is -0.452 e. The van der Waals surface area contributed by atoms with E-state index in [1.807, 2.05) is 32.9 Å². The number of hydrogen-bond acceptors (Lipinski definition) is 6. The number of aryl methyl sites for hydroxylation is 3. The van der Waals surface area contributed by atoms with E-state index in [1.165, 1.54) is 30.8 Å². The van der Waals surface area contributed by atoms with Gasteiger partial charge in [-0.05, 0) is 51.0 Å². The first kappa shape index (κ1) is 21.4. The number of nitrogens with one attached hydrogen (secondary N) is 1. The van der Waals surface area contributed by atoms with Gasteiger partial charge in [-0.1, -0.05) is 17.7 Å². The third-order valence-corrected chi connectivity index (χ3v) is 4.99. The Morgan fingerprint density at radius 1 is 1.14 bits per heavy atom. The highest BCUT2D eigenvalue weighted by molar-refractivity contribution is 8.00. The second kappa shape index (κ2) is 9.36. The zero-order valence-corrected chi connectivity index (χ0v) is 17.0. The summed E-state index contributed by atoms with van der Waals surface area (Å²) in [6, 6.07) is 9.82. The van der Waals surface area contributed by atoms with Crippen LogP contribution in [0.4, 0.5) is 11.4 Å². The lowest BCUT2D eigenvalue weighted by atomic mass is 10.0. The van der Waals surface area contributed by atoms with Crippen molar-refractivity contribution in [3.8, 4) is 0 Å². The maximum absolute atomic E-state index is 12.4. The van der Waals surface area contributed by atoms with Crippen LogP contribution in [0.3, 0.4) is 0 Å². The number of rotatable bonds is 7. The van der Waals surface area contributed by atoms with Gasteiger partial charge < -0.3 is 10.1 Å². The van der Waals surface area contributed by atoms with Gasteiger partial charge >= 0.3 is 5.97 Å². The van der Waals surface area contributed by atoms with Crippen molar-refractivity contribution in [1.82, 2.24) is 0 Å². The van der Waals surface area contributed by atoms with Gasteiger partial charge in [0, 0.05) is 22.7 Å². The van der Waals surface area contributed by atoms with E-state index < -0.39 is 22.9 Å². The lowest BCUT2D eigenvalue weighted by molar-refractivity contribution is -0.384. The smallest absolute Gasteiger partial charge is 0.317 e. The fourth-order valence-electron chi connectivity index (χ4n) is 2.69. The molecule has 0 radical (unpaired) electrons. The first-order valence-electron chi connectivity index (χ1n) is 8.63. The minimum absolute atomic E-state index is 0.00197. The molecule has 2 rings (SSSR count). The number of amides is 1. The van der Waals surface area contributed by atoms with Crippen LogP contribution in [0.2, 0.25) is 0 Å². The molecule has 2 aromatic rings. The Morgan fingerprint density at radius 2 is 1.71 bits per heavy atom. The molecule has 0 heterocycles. The van der Waals surface area contributed by atoms with E-state index in [9.17, 15) is 19.7 Å². The van der Waals surface area contributed by atoms with Gasteiger partial charge in [0.15, 0.2) is 6.10 Å². The molecule has 28 heavy (non-hydrogen) atoms. The van der Waals surface area contributed by atoms with Gasteiger partial charge in [0.2, 0.25) is 0 Å². The summed E-state index contributed by atoms with van der Waals surface area (Å²) in [5.74, 6) is -0.940. The monoisotopic (exact) mass is 402 g/mol. The van der Waals surface area contributed by atoms with Crippen molar-refractivity contribution < 1.29 is 19.2 Å². The summed E-state index contributed by atoms with van der Waals surface area (Å²) in [6.45, 7) is 7.32. The minimum atomic E-state index is -0.940. The topological polar surface area (TPSA) is 98.5 Å². The highest BCUT2D eigenvalue weighted by Crippen LogP contribution is 2.23. The van der Waals surface area contributed by atoms with Crippen molar-refractivity contribution in [3.63, 3.8) is 0 Å². The largest absolute Gasteiger partial charge is 0.452 e. The molecular weight excluding hydrogens is 380 g/mol. The Balaban J connectivity index is 1.87. The zero-order chi connectivity index (χ0) is 20.8. The van der Waals surface area contributed by atoms with E-state index in [-0.39, 0.29) is 11.4 Å². The van der Waals surface area contributed by atoms with Crippen LogP contribution in [0, 0.1) is 30.9 Å². The molecule has 0 unspecified atom stereocenters. The van der Waals surface area contributed by atoms with Gasteiger partial charge in [-0.2, -0.15) is 0 Å². The van der Waals surface area contributed by atoms with Crippen molar-refractivity contribution in [2.45, 2.75) is 38.7 Å². The molecule has 148 valence electrons. The van der Waals surface area contributed by atoms with E-state index in [2.05, 4.69) is 5.32 Å². The van der Waals surface area contributed by atoms with Gasteiger partial charge in [-0.3, -0.25) is 19.7 Å². The molecule has 2 aromatic carbocycles. The number of nitrogens with zero attached hydrogens (tertiary/aromatic N) is 1. The Bertz CT molecular complexity index is 873. The van der Waals surface area contributed by atoms with Crippen molar-refractivity contribution in [1.29, 1.82) is 0 Å². The predicted molar refractivity (Wildman–Crippen MR) is 109 cm³/mol. The number of nitro groups is 1. The summed E-state index contributed by atoms with van der Waals surface area (Å²) in [7, 11) is 0. The fraction of sp³-hybridized carbons (Fsp3) is 0.300. The number of nitro benzene ring substituents is 1. The van der Waals surface area contributed by atoms with Gasteiger partial charge in [-0.25, -0.2) is 0 Å². The third-order valence-electron chi connectivity index (χ3n) is 4.01. The molecule has 7 nitrogen and oxygen atoms in total. The van der Waals surface area contributed by atoms with Crippen molar-refractivity contribution in [2.24, 2.45) is 0 Å². The molecule has 0 bridgehead atoms. The Labute approximate surface area is 167 Å². The number of thioether (sulfide) groups is 1. The molecule has 0 aliphatic carbocycles. The second-order valence-corrected chi connectivity index (χ2v) is 7.48. The van der Waals surface area contributed by atoms with Crippen LogP contribution in [-0.4, -0.2) is 28.7 Å². The number of benzene rings is 2. The van der Waals surface area contributed by atoms with Crippen molar-refractivity contribution >= 4 is 35.0 Å². The highest BCUT2D eigenvalue weighted by Gasteiger charge is 2.19. The molecule has 0 fully saturated rings. The van der Waals surface area contributed by atoms with Gasteiger partial charge in [0.1, 0.15) is 0 Å². The van der Waals surface area contributed by atoms with E-state index >= 15 is 0 Å². The molecular formula is C20H22N2O5S. The van der Waals surface area contributed by atoms with Crippen LogP contribution in [0.1, 0.15) is 23.6 Å². The molecule has 8 heteroatoms. The maximum atomic E-state index is 12.4. The molecule has 1 atom stereocenters. The normalized spacial score (nSPS) is 11.6. The van der Waals surface area contributed by atoms with Crippen LogP contribution in [0.5, 0.6) is 0 Å². The van der Waals surface area contributed by atoms with Crippen LogP contribution in [0.15, 0.2) is 41.3 Å². The lowest BCUT2D eigenvalue weighted by Crippen LogP contribution is -2.31. The van der Waals surface area contributed by atoms with Crippen molar-refractivity contribution in [3.05, 3.63) is 63.2 Å². The Kier molecular flexibility index (Phi) is 7.17. The van der Waals surface area contributed by atoms with E-state index in [0.29, 0.717) is 4.90 Å². The number of hydrogen-bond donors (Lipinski definition) is 1. The molecule has 0 saturated heterocycles. The maximum Gasteiger partial charge on any atom is 0.317 e. The van der Waals surface area contributed by atoms with Crippen LogP contribution >= 0.6 is 11.8 Å². The lowest BCUT2D eigenvalue weighted by Gasteiger charge is -2.16. The average molecular weight is 402 g/mol. The molecule has 0 aliphatic heterocycles. The average Bonchev–Trinajstić information content (AvgIpc) is 2.63. The standard InChI is InChI=1S/C20H22N2O5S/c1-12-9-13(2)19(14(3)10-12)21-20(24)15(4)27-18(23)11-28-17-7-5-16(6-8-17)22(25)26/h5-10,15H,11H2,1-4H3,(H,21,24)/t15-/m0/s1. The van der Waals surface area contributed by atoms with Crippen LogP contribution < -0.4 is 5.32 Å². The third kappa shape index (κ3) is 5.82. The summed E-state index contributed by atoms with van der Waals surface area (Å²) in [6.07, 6.45) is -0.940. The number of carbonyl (C=O) groups is 2. The van der Waals surface area contributed by atoms with Crippen molar-refractivity contribution in [2.75, 3.05) is 11.1 Å². The Morgan fingerprint density at radius 3 is 2.25 bits per heavy atom. The second-order valence-electron chi connectivity index (χ2n) is 6.43. The molecule has 0 spiro atoms. The van der Waals surface area contributed by atoms with E-state index in [1.54, 1.807) is 12.1 Å². The number of non-ortho nitro benzene ring substituents is 1. The summed E-state index contributed by atoms with van der Waals surface area (Å²) < 4.78 is 5.19. The molecule has 0 aromatic heterocycles. The Hall–Kier alpha value is -2.87. The van der Waals surface area contributed by atoms with Crippen LogP contribution in [0.25, 0.3) is 0 Å². The molecule has 1 amide bonds. The number of carbonyl (C=O) groups excluding carboxylic acids is 2. The SMILES string of the molecule is Cc1cc(C)c(NC(=O)[C@H](C)OC(=O)CSc2ccc([N+](=O)[O-])cc2)c(C)c1. The fourth-order valence-corrected chi connectivity index (χ4v) is 3.37. The predicted octanol–water partition coefficient (Wildman–Crippen LogP) is 4.18. The molecule has 0 aliphatic rings. The summed E-state index contributed by atoms with van der Waals surface area (Å²) >= 11 is 1.18. The quantitative estimate of drug-likeness (QED) is 0.323. The molecule has 1 N–H and O–H groups in total. The summed E-state index contributed by atoms with van der Waals surface area (Å²) in [5.41, 5.74) is 3.70. The summed E-state index contributed by atoms with van der Waals surface area (Å²) in [4.78, 5) is 35.2. The zero-order valence-electron chi connectivity index (χ0n) is 16.1. The molecule has 0 saturated carbocycles. The van der Waals surface area contributed by atoms with Gasteiger partial charge in [0.05, 0.1) is 10.7 Å². The van der Waals surface area contributed by atoms with E-state index in [0.717, 1.165) is 22.4 Å². The first-order chi connectivity index (χ1) is 13.2. The van der Waals surface area contributed by atoms with Gasteiger partial charge in [0.25, 0.3) is 11.6 Å². The number of ether oxygens (including phenoxy) is 1.